The van der Waals surface area contributed by atoms with Crippen LogP contribution in [0.1, 0.15) is 38.5 Å². The first-order valence-corrected chi connectivity index (χ1v) is 11.3. The van der Waals surface area contributed by atoms with Gasteiger partial charge in [-0.3, -0.25) is 14.7 Å². The molecule has 0 aromatic rings. The minimum Gasteiger partial charge on any atom is -0.377 e. The number of piperazine rings is 1. The van der Waals surface area contributed by atoms with Crippen molar-refractivity contribution < 1.29 is 9.53 Å². The number of likely N-dealkylation sites (tertiary alicyclic amines) is 1. The Kier molecular flexibility index (Phi) is 4.99. The fourth-order valence-corrected chi connectivity index (χ4v) is 6.27. The molecule has 3 heterocycles. The van der Waals surface area contributed by atoms with E-state index in [1.165, 1.54) is 25.7 Å². The molecule has 1 amide bonds. The first kappa shape index (κ1) is 18.7. The topological polar surface area (TPSA) is 60.4 Å². The third-order valence-corrected chi connectivity index (χ3v) is 8.02. The van der Waals surface area contributed by atoms with Gasteiger partial charge in [0.25, 0.3) is 0 Å². The van der Waals surface area contributed by atoms with Crippen LogP contribution in [0, 0.1) is 11.3 Å². The van der Waals surface area contributed by atoms with Gasteiger partial charge in [0.2, 0.25) is 5.91 Å². The predicted molar refractivity (Wildman–Crippen MR) is 108 cm³/mol. The van der Waals surface area contributed by atoms with Crippen molar-refractivity contribution in [2.45, 2.75) is 50.7 Å². The van der Waals surface area contributed by atoms with Gasteiger partial charge in [-0.05, 0) is 32.1 Å². The Labute approximate surface area is 168 Å². The van der Waals surface area contributed by atoms with E-state index in [4.69, 9.17) is 4.74 Å². The first-order valence-electron chi connectivity index (χ1n) is 11.3. The lowest BCUT2D eigenvalue weighted by atomic mass is 9.46. The number of hydrogen-bond acceptors (Lipinski definition) is 4. The summed E-state index contributed by atoms with van der Waals surface area (Å²) in [5.41, 5.74) is 0.376. The summed E-state index contributed by atoms with van der Waals surface area (Å²) in [5, 5.41) is 3.84. The summed E-state index contributed by atoms with van der Waals surface area (Å²) in [6.07, 6.45) is 7.95. The van der Waals surface area contributed by atoms with Crippen LogP contribution in [0.2, 0.25) is 0 Å². The zero-order chi connectivity index (χ0) is 19.1. The van der Waals surface area contributed by atoms with Crippen LogP contribution in [0.5, 0.6) is 0 Å². The third-order valence-electron chi connectivity index (χ3n) is 8.02. The van der Waals surface area contributed by atoms with E-state index in [0.29, 0.717) is 35.9 Å². The number of nitrogens with zero attached hydrogens (tertiary/aromatic N) is 4. The number of carbonyl (C=O) groups excluding carboxylic acids is 1. The number of ether oxygens (including phenoxy) is 1. The molecule has 28 heavy (non-hydrogen) atoms. The van der Waals surface area contributed by atoms with Crippen LogP contribution in [0.25, 0.3) is 0 Å². The molecule has 5 fully saturated rings. The van der Waals surface area contributed by atoms with Gasteiger partial charge in [0, 0.05) is 70.3 Å². The molecular weight excluding hydrogens is 354 g/mol. The van der Waals surface area contributed by atoms with E-state index >= 15 is 0 Å². The lowest BCUT2D eigenvalue weighted by molar-refractivity contribution is -0.171. The minimum atomic E-state index is 0.308. The normalized spacial score (nSPS) is 34.9. The minimum absolute atomic E-state index is 0.308. The monoisotopic (exact) mass is 389 g/mol. The summed E-state index contributed by atoms with van der Waals surface area (Å²) < 4.78 is 6.06. The average molecular weight is 390 g/mol. The molecule has 3 saturated heterocycles. The van der Waals surface area contributed by atoms with Crippen molar-refractivity contribution >= 4 is 11.9 Å². The van der Waals surface area contributed by atoms with Crippen molar-refractivity contribution in [3.8, 4) is 0 Å². The van der Waals surface area contributed by atoms with Gasteiger partial charge in [0.15, 0.2) is 5.96 Å². The Hall–Kier alpha value is -1.34. The SMILES string of the molecule is CN=C(NC1C2CCOC2C12CCC2)N1CCN(CC(=O)N2CCCC2)CC1. The molecule has 156 valence electrons. The quantitative estimate of drug-likeness (QED) is 0.570. The fourth-order valence-electron chi connectivity index (χ4n) is 6.27. The highest BCUT2D eigenvalue weighted by Crippen LogP contribution is 2.62. The lowest BCUT2D eigenvalue weighted by Crippen LogP contribution is -2.73. The van der Waals surface area contributed by atoms with E-state index in [9.17, 15) is 4.79 Å². The Morgan fingerprint density at radius 1 is 1.07 bits per heavy atom. The number of carbonyl (C=O) groups is 1. The molecule has 7 heteroatoms. The number of fused-ring (bicyclic) bond motifs is 2. The lowest BCUT2D eigenvalue weighted by Gasteiger charge is -2.63. The molecular formula is C21H35N5O2. The van der Waals surface area contributed by atoms with Crippen molar-refractivity contribution in [1.29, 1.82) is 0 Å². The molecule has 2 aliphatic carbocycles. The molecule has 3 unspecified atom stereocenters. The average Bonchev–Trinajstić information content (AvgIpc) is 3.33. The smallest absolute Gasteiger partial charge is 0.236 e. The number of guanidine groups is 1. The molecule has 0 radical (unpaired) electrons. The summed E-state index contributed by atoms with van der Waals surface area (Å²) in [6, 6.07) is 0.530. The number of aliphatic imine (C=N–C) groups is 1. The predicted octanol–water partition coefficient (Wildman–Crippen LogP) is 0.759. The summed E-state index contributed by atoms with van der Waals surface area (Å²) in [5.74, 6) is 2.02. The molecule has 0 aromatic heterocycles. The molecule has 1 N–H and O–H groups in total. The number of hydrogen-bond donors (Lipinski definition) is 1. The van der Waals surface area contributed by atoms with Crippen LogP contribution in [-0.2, 0) is 9.53 Å². The van der Waals surface area contributed by atoms with Gasteiger partial charge in [-0.1, -0.05) is 6.42 Å². The summed E-state index contributed by atoms with van der Waals surface area (Å²) in [4.78, 5) is 23.8. The second-order valence-corrected chi connectivity index (χ2v) is 9.35. The van der Waals surface area contributed by atoms with Crippen LogP contribution in [-0.4, -0.2) is 98.2 Å². The third kappa shape index (κ3) is 3.02. The van der Waals surface area contributed by atoms with Gasteiger partial charge < -0.3 is 19.9 Å². The number of rotatable bonds is 3. The van der Waals surface area contributed by atoms with E-state index in [1.807, 2.05) is 11.9 Å². The van der Waals surface area contributed by atoms with Gasteiger partial charge in [-0.2, -0.15) is 0 Å². The van der Waals surface area contributed by atoms with Crippen molar-refractivity contribution in [1.82, 2.24) is 20.0 Å². The molecule has 0 aromatic carbocycles. The second-order valence-electron chi connectivity index (χ2n) is 9.35. The van der Waals surface area contributed by atoms with Crippen molar-refractivity contribution in [3.63, 3.8) is 0 Å². The highest BCUT2D eigenvalue weighted by Gasteiger charge is 2.66. The van der Waals surface area contributed by atoms with Gasteiger partial charge in [-0.25, -0.2) is 0 Å². The second kappa shape index (κ2) is 7.48. The molecule has 3 atom stereocenters. The van der Waals surface area contributed by atoms with E-state index in [-0.39, 0.29) is 0 Å². The maximum atomic E-state index is 12.4. The van der Waals surface area contributed by atoms with Crippen LogP contribution in [0.15, 0.2) is 4.99 Å². The molecule has 5 rings (SSSR count). The van der Waals surface area contributed by atoms with Crippen LogP contribution >= 0.6 is 0 Å². The Balaban J connectivity index is 1.14. The maximum Gasteiger partial charge on any atom is 0.236 e. The molecule has 3 aliphatic heterocycles. The maximum absolute atomic E-state index is 12.4. The number of nitrogens with one attached hydrogen (secondary N) is 1. The zero-order valence-corrected chi connectivity index (χ0v) is 17.2. The van der Waals surface area contributed by atoms with E-state index in [1.54, 1.807) is 0 Å². The van der Waals surface area contributed by atoms with Crippen molar-refractivity contribution in [3.05, 3.63) is 0 Å². The van der Waals surface area contributed by atoms with Crippen molar-refractivity contribution in [2.75, 3.05) is 59.5 Å². The molecule has 7 nitrogen and oxygen atoms in total. The van der Waals surface area contributed by atoms with Gasteiger partial charge in [0.1, 0.15) is 0 Å². The van der Waals surface area contributed by atoms with E-state index < -0.39 is 0 Å². The highest BCUT2D eigenvalue weighted by molar-refractivity contribution is 5.81. The van der Waals surface area contributed by atoms with E-state index in [2.05, 4.69) is 20.1 Å². The van der Waals surface area contributed by atoms with Crippen molar-refractivity contribution in [2.24, 2.45) is 16.3 Å². The standard InChI is InChI=1S/C21H35N5O2/c1-22-20(23-18-16-5-14-28-19(16)21(18)6-4-7-21)26-12-10-24(11-13-26)15-17(27)25-8-2-3-9-25/h16,18-19H,2-15H2,1H3,(H,22,23). The van der Waals surface area contributed by atoms with Gasteiger partial charge in [-0.15, -0.1) is 0 Å². The molecule has 0 bridgehead atoms. The summed E-state index contributed by atoms with van der Waals surface area (Å²) in [6.45, 7) is 7.16. The van der Waals surface area contributed by atoms with Gasteiger partial charge >= 0.3 is 0 Å². The van der Waals surface area contributed by atoms with Crippen LogP contribution < -0.4 is 5.32 Å². The fraction of sp³-hybridized carbons (Fsp3) is 0.905. The van der Waals surface area contributed by atoms with Crippen LogP contribution in [0.4, 0.5) is 0 Å². The summed E-state index contributed by atoms with van der Waals surface area (Å²) in [7, 11) is 1.90. The molecule has 2 saturated carbocycles. The zero-order valence-electron chi connectivity index (χ0n) is 17.2. The summed E-state index contributed by atoms with van der Waals surface area (Å²) >= 11 is 0. The number of amides is 1. The first-order chi connectivity index (χ1) is 13.7. The van der Waals surface area contributed by atoms with Crippen LogP contribution in [0.3, 0.4) is 0 Å². The Bertz CT molecular complexity index is 620. The highest BCUT2D eigenvalue weighted by atomic mass is 16.5. The van der Waals surface area contributed by atoms with Gasteiger partial charge in [0.05, 0.1) is 12.6 Å². The molecule has 1 spiro atoms. The Morgan fingerprint density at radius 2 is 1.82 bits per heavy atom. The largest absolute Gasteiger partial charge is 0.377 e. The Morgan fingerprint density at radius 3 is 2.46 bits per heavy atom. The molecule has 5 aliphatic rings. The van der Waals surface area contributed by atoms with E-state index in [0.717, 1.165) is 64.7 Å².